The summed E-state index contributed by atoms with van der Waals surface area (Å²) in [6.45, 7) is 4.23. The number of nitrogens with zero attached hydrogens (tertiary/aromatic N) is 2. The molecular formula is C7H15N5. The summed E-state index contributed by atoms with van der Waals surface area (Å²) in [5.74, 6) is 6.65. The van der Waals surface area contributed by atoms with Crippen LogP contribution in [0.25, 0.3) is 0 Å². The number of aromatic nitrogens is 3. The van der Waals surface area contributed by atoms with Gasteiger partial charge in [0.15, 0.2) is 0 Å². The summed E-state index contributed by atoms with van der Waals surface area (Å²) in [7, 11) is 0. The Bertz CT molecular complexity index is 208. The van der Waals surface area contributed by atoms with Gasteiger partial charge in [0, 0.05) is 0 Å². The quantitative estimate of drug-likeness (QED) is 0.449. The summed E-state index contributed by atoms with van der Waals surface area (Å²) < 4.78 is 0. The third-order valence-electron chi connectivity index (χ3n) is 2.12. The van der Waals surface area contributed by atoms with E-state index in [2.05, 4.69) is 34.5 Å². The van der Waals surface area contributed by atoms with Crippen molar-refractivity contribution in [3.63, 3.8) is 0 Å². The highest BCUT2D eigenvalue weighted by Gasteiger charge is 2.18. The van der Waals surface area contributed by atoms with Gasteiger partial charge in [0.25, 0.3) is 0 Å². The molecule has 1 aromatic heterocycles. The summed E-state index contributed by atoms with van der Waals surface area (Å²) >= 11 is 0. The van der Waals surface area contributed by atoms with Gasteiger partial charge in [-0.15, -0.1) is 0 Å². The molecule has 0 bridgehead atoms. The topological polar surface area (TPSA) is 79.6 Å². The molecule has 0 saturated carbocycles. The monoisotopic (exact) mass is 169 g/mol. The summed E-state index contributed by atoms with van der Waals surface area (Å²) in [6, 6.07) is 0.0671. The fourth-order valence-corrected chi connectivity index (χ4v) is 1.11. The number of aromatic amines is 1. The molecule has 68 valence electrons. The van der Waals surface area contributed by atoms with Crippen LogP contribution < -0.4 is 11.3 Å². The van der Waals surface area contributed by atoms with Gasteiger partial charge in [-0.1, -0.05) is 20.3 Å². The van der Waals surface area contributed by atoms with Crippen LogP contribution in [-0.4, -0.2) is 15.2 Å². The second kappa shape index (κ2) is 4.18. The average molecular weight is 169 g/mol. The minimum Gasteiger partial charge on any atom is -0.271 e. The molecule has 1 aromatic rings. The molecule has 0 aliphatic rings. The molecule has 0 aliphatic heterocycles. The van der Waals surface area contributed by atoms with E-state index in [1.165, 1.54) is 6.33 Å². The normalized spacial score (nSPS) is 15.9. The first-order chi connectivity index (χ1) is 5.79. The Morgan fingerprint density at radius 3 is 2.92 bits per heavy atom. The zero-order chi connectivity index (χ0) is 8.97. The summed E-state index contributed by atoms with van der Waals surface area (Å²) in [5, 5.41) is 6.58. The maximum atomic E-state index is 5.40. The predicted octanol–water partition coefficient (Wildman–Crippen LogP) is 0.355. The van der Waals surface area contributed by atoms with Crippen LogP contribution in [-0.2, 0) is 0 Å². The number of H-pyrrole nitrogens is 1. The Kier molecular flexibility index (Phi) is 3.19. The van der Waals surface area contributed by atoms with Crippen molar-refractivity contribution in [3.05, 3.63) is 12.2 Å². The summed E-state index contributed by atoms with van der Waals surface area (Å²) in [6.07, 6.45) is 2.54. The number of hydrogen-bond donors (Lipinski definition) is 3. The molecule has 0 aromatic carbocycles. The van der Waals surface area contributed by atoms with E-state index in [0.29, 0.717) is 5.92 Å². The van der Waals surface area contributed by atoms with Crippen LogP contribution in [0.3, 0.4) is 0 Å². The molecule has 2 atom stereocenters. The Morgan fingerprint density at radius 1 is 1.75 bits per heavy atom. The lowest BCUT2D eigenvalue weighted by molar-refractivity contribution is 0.368. The van der Waals surface area contributed by atoms with Crippen molar-refractivity contribution in [2.75, 3.05) is 0 Å². The highest BCUT2D eigenvalue weighted by atomic mass is 15.3. The van der Waals surface area contributed by atoms with Crippen LogP contribution in [0.4, 0.5) is 0 Å². The van der Waals surface area contributed by atoms with E-state index >= 15 is 0 Å². The van der Waals surface area contributed by atoms with Gasteiger partial charge in [0.2, 0.25) is 0 Å². The molecule has 1 heterocycles. The molecule has 5 heteroatoms. The maximum absolute atomic E-state index is 5.40. The number of nitrogens with two attached hydrogens (primary N) is 1. The number of nitrogens with one attached hydrogen (secondary N) is 2. The van der Waals surface area contributed by atoms with E-state index in [9.17, 15) is 0 Å². The largest absolute Gasteiger partial charge is 0.271 e. The van der Waals surface area contributed by atoms with Crippen molar-refractivity contribution >= 4 is 0 Å². The molecular weight excluding hydrogens is 154 g/mol. The van der Waals surface area contributed by atoms with Gasteiger partial charge < -0.3 is 0 Å². The molecule has 0 aliphatic carbocycles. The highest BCUT2D eigenvalue weighted by molar-refractivity contribution is 4.92. The smallest absolute Gasteiger partial charge is 0.142 e. The van der Waals surface area contributed by atoms with Crippen molar-refractivity contribution in [1.82, 2.24) is 20.6 Å². The molecule has 0 saturated heterocycles. The van der Waals surface area contributed by atoms with Gasteiger partial charge in [0.1, 0.15) is 12.2 Å². The van der Waals surface area contributed by atoms with Gasteiger partial charge >= 0.3 is 0 Å². The first-order valence-electron chi connectivity index (χ1n) is 4.11. The van der Waals surface area contributed by atoms with Crippen LogP contribution in [0, 0.1) is 5.92 Å². The Hall–Kier alpha value is -0.940. The molecule has 0 spiro atoms. The zero-order valence-electron chi connectivity index (χ0n) is 7.41. The first kappa shape index (κ1) is 9.15. The minimum absolute atomic E-state index is 0.0671. The van der Waals surface area contributed by atoms with E-state index in [-0.39, 0.29) is 6.04 Å². The second-order valence-electron chi connectivity index (χ2n) is 2.90. The van der Waals surface area contributed by atoms with Gasteiger partial charge in [-0.2, -0.15) is 5.10 Å². The molecule has 4 N–H and O–H groups in total. The van der Waals surface area contributed by atoms with Crippen molar-refractivity contribution in [2.24, 2.45) is 11.8 Å². The SMILES string of the molecule is CCC(C)C(NN)c1ncn[nH]1. The van der Waals surface area contributed by atoms with Crippen molar-refractivity contribution < 1.29 is 0 Å². The number of hydrogen-bond acceptors (Lipinski definition) is 4. The first-order valence-corrected chi connectivity index (χ1v) is 4.11. The second-order valence-corrected chi connectivity index (χ2v) is 2.90. The molecule has 0 fully saturated rings. The van der Waals surface area contributed by atoms with Crippen molar-refractivity contribution in [2.45, 2.75) is 26.3 Å². The molecule has 0 amide bonds. The third-order valence-corrected chi connectivity index (χ3v) is 2.12. The van der Waals surface area contributed by atoms with Gasteiger partial charge in [0.05, 0.1) is 6.04 Å². The lowest BCUT2D eigenvalue weighted by atomic mass is 9.99. The zero-order valence-corrected chi connectivity index (χ0v) is 7.41. The standard InChI is InChI=1S/C7H15N5/c1-3-5(2)6(11-8)7-9-4-10-12-7/h4-6,11H,3,8H2,1-2H3,(H,9,10,12). The van der Waals surface area contributed by atoms with Crippen molar-refractivity contribution in [3.8, 4) is 0 Å². The summed E-state index contributed by atoms with van der Waals surface area (Å²) in [4.78, 5) is 4.05. The Balaban J connectivity index is 2.69. The number of hydrazine groups is 1. The lowest BCUT2D eigenvalue weighted by Crippen LogP contribution is -2.33. The predicted molar refractivity (Wildman–Crippen MR) is 45.9 cm³/mol. The van der Waals surface area contributed by atoms with Gasteiger partial charge in [-0.25, -0.2) is 10.4 Å². The number of rotatable bonds is 4. The highest BCUT2D eigenvalue weighted by Crippen LogP contribution is 2.19. The fourth-order valence-electron chi connectivity index (χ4n) is 1.11. The Labute approximate surface area is 71.7 Å². The van der Waals surface area contributed by atoms with E-state index in [4.69, 9.17) is 5.84 Å². The molecule has 12 heavy (non-hydrogen) atoms. The van der Waals surface area contributed by atoms with Crippen LogP contribution in [0.1, 0.15) is 32.1 Å². The van der Waals surface area contributed by atoms with Crippen LogP contribution in [0.2, 0.25) is 0 Å². The maximum Gasteiger partial charge on any atom is 0.142 e. The molecule has 0 radical (unpaired) electrons. The van der Waals surface area contributed by atoms with Crippen LogP contribution >= 0.6 is 0 Å². The van der Waals surface area contributed by atoms with E-state index in [0.717, 1.165) is 12.2 Å². The minimum atomic E-state index is 0.0671. The van der Waals surface area contributed by atoms with E-state index in [1.54, 1.807) is 0 Å². The molecule has 5 nitrogen and oxygen atoms in total. The summed E-state index contributed by atoms with van der Waals surface area (Å²) in [5.41, 5.74) is 2.72. The Morgan fingerprint density at radius 2 is 2.50 bits per heavy atom. The lowest BCUT2D eigenvalue weighted by Gasteiger charge is -2.18. The molecule has 1 rings (SSSR count). The van der Waals surface area contributed by atoms with Crippen LogP contribution in [0.5, 0.6) is 0 Å². The fraction of sp³-hybridized carbons (Fsp3) is 0.714. The van der Waals surface area contributed by atoms with Crippen LogP contribution in [0.15, 0.2) is 6.33 Å². The average Bonchev–Trinajstić information content (AvgIpc) is 2.58. The van der Waals surface area contributed by atoms with Gasteiger partial charge in [-0.05, 0) is 5.92 Å². The van der Waals surface area contributed by atoms with E-state index < -0.39 is 0 Å². The van der Waals surface area contributed by atoms with Gasteiger partial charge in [-0.3, -0.25) is 10.9 Å². The third kappa shape index (κ3) is 1.80. The van der Waals surface area contributed by atoms with Crippen molar-refractivity contribution in [1.29, 1.82) is 0 Å². The van der Waals surface area contributed by atoms with E-state index in [1.807, 2.05) is 0 Å². The molecule has 2 unspecified atom stereocenters.